The summed E-state index contributed by atoms with van der Waals surface area (Å²) >= 11 is 0. The summed E-state index contributed by atoms with van der Waals surface area (Å²) in [6.07, 6.45) is 0.843. The highest BCUT2D eigenvalue weighted by Crippen LogP contribution is 2.25. The second-order valence-electron chi connectivity index (χ2n) is 6.06. The van der Waals surface area contributed by atoms with Crippen LogP contribution in [0.1, 0.15) is 33.1 Å². The lowest BCUT2D eigenvalue weighted by atomic mass is 10.2. The molecule has 2 rings (SSSR count). The smallest absolute Gasteiger partial charge is 0.413 e. The van der Waals surface area contributed by atoms with Crippen molar-refractivity contribution in [1.82, 2.24) is 19.9 Å². The van der Waals surface area contributed by atoms with Crippen LogP contribution in [-0.4, -0.2) is 42.7 Å². The number of ether oxygens (including phenoxy) is 1. The summed E-state index contributed by atoms with van der Waals surface area (Å²) in [6.45, 7) is 5.26. The van der Waals surface area contributed by atoms with Gasteiger partial charge in [-0.25, -0.2) is 4.79 Å². The molecule has 0 aliphatic heterocycles. The number of nitrogens with one attached hydrogen (secondary N) is 1. The number of hydrogen-bond donors (Lipinski definition) is 2. The number of aromatic nitrogens is 4. The van der Waals surface area contributed by atoms with E-state index in [1.807, 2.05) is 0 Å². The number of nitrogens with zero attached hydrogens (tertiary/aromatic N) is 4. The first-order valence-corrected chi connectivity index (χ1v) is 7.22. The van der Waals surface area contributed by atoms with E-state index in [4.69, 9.17) is 14.4 Å². The van der Waals surface area contributed by atoms with Crippen LogP contribution in [0, 0.1) is 0 Å². The van der Waals surface area contributed by atoms with Crippen LogP contribution in [0.15, 0.2) is 10.7 Å². The molecule has 0 fully saturated rings. The summed E-state index contributed by atoms with van der Waals surface area (Å²) in [5.74, 6) is -0.215. The van der Waals surface area contributed by atoms with Gasteiger partial charge in [0.2, 0.25) is 11.7 Å². The molecule has 2 heterocycles. The first kappa shape index (κ1) is 17.4. The molecule has 10 heteroatoms. The van der Waals surface area contributed by atoms with Crippen molar-refractivity contribution < 1.29 is 24.0 Å². The van der Waals surface area contributed by atoms with Gasteiger partial charge in [-0.1, -0.05) is 5.16 Å². The summed E-state index contributed by atoms with van der Waals surface area (Å²) in [6, 6.07) is 0. The number of carbonyl (C=O) groups is 2. The molecule has 2 N–H and O–H groups in total. The zero-order chi connectivity index (χ0) is 17.9. The molecule has 0 spiro atoms. The fourth-order valence-corrected chi connectivity index (χ4v) is 1.83. The largest absolute Gasteiger partial charge is 0.481 e. The Balaban J connectivity index is 2.17. The molecule has 0 saturated heterocycles. The maximum Gasteiger partial charge on any atom is 0.413 e. The third-order valence-corrected chi connectivity index (χ3v) is 2.82. The summed E-state index contributed by atoms with van der Waals surface area (Å²) in [5.41, 5.74) is -0.201. The number of carboxylic acids is 1. The van der Waals surface area contributed by atoms with Gasteiger partial charge in [0.1, 0.15) is 11.4 Å². The van der Waals surface area contributed by atoms with E-state index in [0.29, 0.717) is 11.4 Å². The number of anilines is 1. The Bertz CT molecular complexity index is 743. The molecule has 0 atom stereocenters. The number of carbonyl (C=O) groups excluding carboxylic acids is 1. The van der Waals surface area contributed by atoms with Gasteiger partial charge in [0.15, 0.2) is 0 Å². The SMILES string of the molecule is Cn1ncc(-c2noc(CCC(=O)O)n2)c1NC(=O)OC(C)(C)C. The van der Waals surface area contributed by atoms with E-state index >= 15 is 0 Å². The monoisotopic (exact) mass is 337 g/mol. The van der Waals surface area contributed by atoms with Crippen LogP contribution in [0.4, 0.5) is 10.6 Å². The molecule has 2 aromatic rings. The molecule has 130 valence electrons. The minimum absolute atomic E-state index is 0.113. The number of rotatable bonds is 5. The van der Waals surface area contributed by atoms with Gasteiger partial charge in [0.05, 0.1) is 18.2 Å². The Kier molecular flexibility index (Phi) is 4.86. The molecule has 1 amide bonds. The second-order valence-corrected chi connectivity index (χ2v) is 6.06. The summed E-state index contributed by atoms with van der Waals surface area (Å²) in [7, 11) is 1.64. The van der Waals surface area contributed by atoms with Crippen molar-refractivity contribution in [2.45, 2.75) is 39.2 Å². The number of aliphatic carboxylic acids is 1. The number of aryl methyl sites for hydroxylation is 2. The van der Waals surface area contributed by atoms with E-state index < -0.39 is 17.7 Å². The van der Waals surface area contributed by atoms with Crippen LogP contribution in [0.5, 0.6) is 0 Å². The van der Waals surface area contributed by atoms with Gasteiger partial charge in [-0.15, -0.1) is 0 Å². The molecule has 0 aliphatic rings. The van der Waals surface area contributed by atoms with Gasteiger partial charge in [-0.3, -0.25) is 14.8 Å². The van der Waals surface area contributed by atoms with Gasteiger partial charge >= 0.3 is 12.1 Å². The average Bonchev–Trinajstić information content (AvgIpc) is 3.02. The van der Waals surface area contributed by atoms with Gasteiger partial charge in [-0.2, -0.15) is 10.1 Å². The fourth-order valence-electron chi connectivity index (χ4n) is 1.83. The van der Waals surface area contributed by atoms with Crippen LogP contribution in [-0.2, 0) is 23.0 Å². The third kappa shape index (κ3) is 4.54. The highest BCUT2D eigenvalue weighted by molar-refractivity contribution is 5.88. The lowest BCUT2D eigenvalue weighted by Crippen LogP contribution is -2.28. The van der Waals surface area contributed by atoms with Crippen molar-refractivity contribution in [2.24, 2.45) is 7.05 Å². The second kappa shape index (κ2) is 6.69. The first-order chi connectivity index (χ1) is 11.2. The van der Waals surface area contributed by atoms with Crippen molar-refractivity contribution in [3.05, 3.63) is 12.1 Å². The zero-order valence-electron chi connectivity index (χ0n) is 13.9. The maximum absolute atomic E-state index is 11.9. The summed E-state index contributed by atoms with van der Waals surface area (Å²) < 4.78 is 11.7. The fraction of sp³-hybridized carbons (Fsp3) is 0.500. The lowest BCUT2D eigenvalue weighted by Gasteiger charge is -2.19. The summed E-state index contributed by atoms with van der Waals surface area (Å²) in [5, 5.41) is 19.1. The Morgan fingerprint density at radius 1 is 1.42 bits per heavy atom. The molecule has 0 aromatic carbocycles. The predicted octanol–water partition coefficient (Wildman–Crippen LogP) is 1.83. The Labute approximate surface area is 137 Å². The van der Waals surface area contributed by atoms with Gasteiger partial charge in [0, 0.05) is 13.5 Å². The molecule has 2 aromatic heterocycles. The third-order valence-electron chi connectivity index (χ3n) is 2.82. The van der Waals surface area contributed by atoms with E-state index in [-0.39, 0.29) is 24.6 Å². The van der Waals surface area contributed by atoms with Gasteiger partial charge in [-0.05, 0) is 20.8 Å². The maximum atomic E-state index is 11.9. The molecule has 10 nitrogen and oxygen atoms in total. The standard InChI is InChI=1S/C14H19N5O5/c1-14(2,3)23-13(22)17-12-8(7-15-19(12)4)11-16-9(24-18-11)5-6-10(20)21/h7H,5-6H2,1-4H3,(H,17,22)(H,20,21). The van der Waals surface area contributed by atoms with Crippen LogP contribution >= 0.6 is 0 Å². The van der Waals surface area contributed by atoms with Crippen LogP contribution < -0.4 is 5.32 Å². The molecule has 0 aliphatic carbocycles. The normalized spacial score (nSPS) is 11.3. The van der Waals surface area contributed by atoms with Crippen LogP contribution in [0.25, 0.3) is 11.4 Å². The Hall–Kier alpha value is -2.91. The first-order valence-electron chi connectivity index (χ1n) is 7.22. The van der Waals surface area contributed by atoms with Crippen molar-refractivity contribution in [1.29, 1.82) is 0 Å². The molecular formula is C14H19N5O5. The number of hydrogen-bond acceptors (Lipinski definition) is 7. The van der Waals surface area contributed by atoms with E-state index in [9.17, 15) is 9.59 Å². The topological polar surface area (TPSA) is 132 Å². The molecular weight excluding hydrogens is 318 g/mol. The molecule has 0 bridgehead atoms. The lowest BCUT2D eigenvalue weighted by molar-refractivity contribution is -0.137. The van der Waals surface area contributed by atoms with Gasteiger partial charge < -0.3 is 14.4 Å². The zero-order valence-corrected chi connectivity index (χ0v) is 13.9. The van der Waals surface area contributed by atoms with Crippen LogP contribution in [0.2, 0.25) is 0 Å². The summed E-state index contributed by atoms with van der Waals surface area (Å²) in [4.78, 5) is 26.6. The van der Waals surface area contributed by atoms with E-state index in [2.05, 4.69) is 20.6 Å². The Morgan fingerprint density at radius 3 is 2.75 bits per heavy atom. The Morgan fingerprint density at radius 2 is 2.12 bits per heavy atom. The van der Waals surface area contributed by atoms with Crippen LogP contribution in [0.3, 0.4) is 0 Å². The van der Waals surface area contributed by atoms with Crippen molar-refractivity contribution in [2.75, 3.05) is 5.32 Å². The minimum atomic E-state index is -0.955. The molecule has 0 saturated carbocycles. The highest BCUT2D eigenvalue weighted by Gasteiger charge is 2.22. The van der Waals surface area contributed by atoms with Crippen molar-refractivity contribution in [3.63, 3.8) is 0 Å². The quantitative estimate of drug-likeness (QED) is 0.844. The van der Waals surface area contributed by atoms with Gasteiger partial charge in [0.25, 0.3) is 0 Å². The van der Waals surface area contributed by atoms with Crippen molar-refractivity contribution in [3.8, 4) is 11.4 Å². The molecule has 0 radical (unpaired) electrons. The van der Waals surface area contributed by atoms with Crippen molar-refractivity contribution >= 4 is 17.9 Å². The molecule has 24 heavy (non-hydrogen) atoms. The number of carboxylic acid groups (broad SMARTS) is 1. The highest BCUT2D eigenvalue weighted by atomic mass is 16.6. The number of amides is 1. The molecule has 0 unspecified atom stereocenters. The predicted molar refractivity (Wildman–Crippen MR) is 82.3 cm³/mol. The minimum Gasteiger partial charge on any atom is -0.481 e. The average molecular weight is 337 g/mol. The van der Waals surface area contributed by atoms with E-state index in [1.165, 1.54) is 10.9 Å². The van der Waals surface area contributed by atoms with E-state index in [1.54, 1.807) is 27.8 Å². The van der Waals surface area contributed by atoms with E-state index in [0.717, 1.165) is 0 Å².